The van der Waals surface area contributed by atoms with Crippen LogP contribution in [0.15, 0.2) is 30.5 Å². The monoisotopic (exact) mass is 295 g/mol. The first-order chi connectivity index (χ1) is 10.7. The van der Waals surface area contributed by atoms with Gasteiger partial charge in [-0.1, -0.05) is 0 Å². The highest BCUT2D eigenvalue weighted by atomic mass is 16.5. The molecule has 1 N–H and O–H groups in total. The predicted octanol–water partition coefficient (Wildman–Crippen LogP) is 4.29. The molecular weight excluding hydrogens is 274 g/mol. The zero-order valence-corrected chi connectivity index (χ0v) is 12.7. The molecule has 2 aromatic rings. The number of H-pyrrole nitrogens is 1. The van der Waals surface area contributed by atoms with E-state index < -0.39 is 0 Å². The van der Waals surface area contributed by atoms with Crippen molar-refractivity contribution in [2.24, 2.45) is 23.2 Å². The lowest BCUT2D eigenvalue weighted by Gasteiger charge is -2.55. The molecule has 0 amide bonds. The third-order valence-corrected chi connectivity index (χ3v) is 6.21. The number of hydrogen-bond acceptors (Lipinski definition) is 2. The number of hydrogen-bond donors (Lipinski definition) is 1. The SMILES string of the molecule is O=C(Oc1ccc2cc[nH]c2c1)C12CC3CC(CC(C3)C1)C2. The summed E-state index contributed by atoms with van der Waals surface area (Å²) in [4.78, 5) is 16.1. The molecule has 22 heavy (non-hydrogen) atoms. The van der Waals surface area contributed by atoms with Gasteiger partial charge in [0.15, 0.2) is 0 Å². The van der Waals surface area contributed by atoms with E-state index in [-0.39, 0.29) is 11.4 Å². The van der Waals surface area contributed by atoms with Crippen LogP contribution in [0.25, 0.3) is 10.9 Å². The molecule has 0 spiro atoms. The standard InChI is InChI=1S/C19H21NO2/c21-18(22-16-2-1-15-3-4-20-17(15)8-16)19-9-12-5-13(10-19)7-14(6-12)11-19/h1-4,8,12-14,20H,5-7,9-11H2. The molecule has 4 aliphatic carbocycles. The second-order valence-electron chi connectivity index (χ2n) is 7.81. The Morgan fingerprint density at radius 3 is 2.41 bits per heavy atom. The number of esters is 1. The maximum atomic E-state index is 12.9. The number of carbonyl (C=O) groups is 1. The van der Waals surface area contributed by atoms with E-state index in [2.05, 4.69) is 4.98 Å². The maximum Gasteiger partial charge on any atom is 0.317 e. The summed E-state index contributed by atoms with van der Waals surface area (Å²) in [5, 5.41) is 1.15. The topological polar surface area (TPSA) is 42.1 Å². The van der Waals surface area contributed by atoms with Gasteiger partial charge in [0.25, 0.3) is 0 Å². The predicted molar refractivity (Wildman–Crippen MR) is 84.5 cm³/mol. The van der Waals surface area contributed by atoms with Crippen molar-refractivity contribution in [3.05, 3.63) is 30.5 Å². The van der Waals surface area contributed by atoms with Gasteiger partial charge in [-0.25, -0.2) is 0 Å². The van der Waals surface area contributed by atoms with E-state index in [0.717, 1.165) is 47.9 Å². The van der Waals surface area contributed by atoms with Gasteiger partial charge in [0, 0.05) is 17.8 Å². The largest absolute Gasteiger partial charge is 0.426 e. The summed E-state index contributed by atoms with van der Waals surface area (Å²) in [6.07, 6.45) is 9.13. The van der Waals surface area contributed by atoms with E-state index in [9.17, 15) is 4.79 Å². The number of aromatic amines is 1. The van der Waals surface area contributed by atoms with E-state index in [0.29, 0.717) is 5.75 Å². The smallest absolute Gasteiger partial charge is 0.317 e. The summed E-state index contributed by atoms with van der Waals surface area (Å²) in [5.74, 6) is 3.01. The lowest BCUT2D eigenvalue weighted by molar-refractivity contribution is -0.161. The first kappa shape index (κ1) is 12.7. The van der Waals surface area contributed by atoms with E-state index in [1.165, 1.54) is 19.3 Å². The van der Waals surface area contributed by atoms with Gasteiger partial charge in [-0.2, -0.15) is 0 Å². The number of rotatable bonds is 2. The van der Waals surface area contributed by atoms with Crippen molar-refractivity contribution in [1.29, 1.82) is 0 Å². The summed E-state index contributed by atoms with van der Waals surface area (Å²) in [6, 6.07) is 7.89. The minimum absolute atomic E-state index is 0.0255. The van der Waals surface area contributed by atoms with Crippen molar-refractivity contribution in [3.63, 3.8) is 0 Å². The molecule has 4 aliphatic rings. The molecule has 1 heterocycles. The van der Waals surface area contributed by atoms with Crippen molar-refractivity contribution in [1.82, 2.24) is 4.98 Å². The van der Waals surface area contributed by atoms with Crippen LogP contribution in [0, 0.1) is 23.2 Å². The molecule has 4 bridgehead atoms. The molecule has 0 aliphatic heterocycles. The molecule has 0 saturated heterocycles. The Morgan fingerprint density at radius 1 is 1.05 bits per heavy atom. The van der Waals surface area contributed by atoms with Crippen LogP contribution < -0.4 is 4.74 Å². The van der Waals surface area contributed by atoms with Crippen molar-refractivity contribution >= 4 is 16.9 Å². The number of carbonyl (C=O) groups excluding carboxylic acids is 1. The normalized spacial score (nSPS) is 35.9. The van der Waals surface area contributed by atoms with Crippen molar-refractivity contribution < 1.29 is 9.53 Å². The first-order valence-corrected chi connectivity index (χ1v) is 8.50. The average molecular weight is 295 g/mol. The molecule has 3 nitrogen and oxygen atoms in total. The molecule has 3 heteroatoms. The van der Waals surface area contributed by atoms with Crippen LogP contribution >= 0.6 is 0 Å². The lowest BCUT2D eigenvalue weighted by atomic mass is 9.49. The van der Waals surface area contributed by atoms with E-state index in [1.807, 2.05) is 30.5 Å². The number of benzene rings is 1. The Morgan fingerprint density at radius 2 is 1.73 bits per heavy atom. The fourth-order valence-electron chi connectivity index (χ4n) is 5.67. The highest BCUT2D eigenvalue weighted by Crippen LogP contribution is 2.60. The average Bonchev–Trinajstić information content (AvgIpc) is 2.93. The van der Waals surface area contributed by atoms with Gasteiger partial charge < -0.3 is 9.72 Å². The lowest BCUT2D eigenvalue weighted by Crippen LogP contribution is -2.51. The van der Waals surface area contributed by atoms with Gasteiger partial charge in [0.2, 0.25) is 0 Å². The molecule has 0 unspecified atom stereocenters. The van der Waals surface area contributed by atoms with Gasteiger partial charge in [-0.3, -0.25) is 4.79 Å². The summed E-state index contributed by atoms with van der Waals surface area (Å²) in [5.41, 5.74) is 0.843. The van der Waals surface area contributed by atoms with Gasteiger partial charge >= 0.3 is 5.97 Å². The van der Waals surface area contributed by atoms with Crippen LogP contribution in [0.2, 0.25) is 0 Å². The van der Waals surface area contributed by atoms with Crippen LogP contribution in [0.3, 0.4) is 0 Å². The zero-order valence-electron chi connectivity index (χ0n) is 12.7. The highest BCUT2D eigenvalue weighted by molar-refractivity contribution is 5.84. The van der Waals surface area contributed by atoms with Crippen LogP contribution in [-0.2, 0) is 4.79 Å². The Labute approximate surface area is 130 Å². The number of aromatic nitrogens is 1. The Hall–Kier alpha value is -1.77. The third-order valence-electron chi connectivity index (χ3n) is 6.21. The van der Waals surface area contributed by atoms with Gasteiger partial charge in [-0.05, 0) is 79.9 Å². The summed E-state index contributed by atoms with van der Waals surface area (Å²) in [6.45, 7) is 0. The Kier molecular flexibility index (Phi) is 2.53. The molecular formula is C19H21NO2. The van der Waals surface area contributed by atoms with E-state index >= 15 is 0 Å². The van der Waals surface area contributed by atoms with Crippen LogP contribution in [0.4, 0.5) is 0 Å². The Bertz CT molecular complexity index is 709. The molecule has 4 saturated carbocycles. The number of ether oxygens (including phenoxy) is 1. The summed E-state index contributed by atoms with van der Waals surface area (Å²) in [7, 11) is 0. The third kappa shape index (κ3) is 1.84. The fraction of sp³-hybridized carbons (Fsp3) is 0.526. The Balaban J connectivity index is 1.42. The van der Waals surface area contributed by atoms with Gasteiger partial charge in [0.1, 0.15) is 5.75 Å². The highest BCUT2D eigenvalue weighted by Gasteiger charge is 2.55. The van der Waals surface area contributed by atoms with Crippen LogP contribution in [0.5, 0.6) is 5.75 Å². The quantitative estimate of drug-likeness (QED) is 0.663. The summed E-state index contributed by atoms with van der Waals surface area (Å²) >= 11 is 0. The second-order valence-corrected chi connectivity index (χ2v) is 7.81. The molecule has 1 aromatic heterocycles. The molecule has 0 atom stereocenters. The molecule has 1 aromatic carbocycles. The van der Waals surface area contributed by atoms with Crippen LogP contribution in [0.1, 0.15) is 38.5 Å². The zero-order chi connectivity index (χ0) is 14.7. The molecule has 4 fully saturated rings. The number of nitrogens with one attached hydrogen (secondary N) is 1. The minimum Gasteiger partial charge on any atom is -0.426 e. The molecule has 0 radical (unpaired) electrons. The van der Waals surface area contributed by atoms with Crippen molar-refractivity contribution in [2.45, 2.75) is 38.5 Å². The van der Waals surface area contributed by atoms with Crippen molar-refractivity contribution in [2.75, 3.05) is 0 Å². The fourth-order valence-corrected chi connectivity index (χ4v) is 5.67. The molecule has 114 valence electrons. The van der Waals surface area contributed by atoms with E-state index in [4.69, 9.17) is 4.74 Å². The minimum atomic E-state index is -0.181. The van der Waals surface area contributed by atoms with Crippen LogP contribution in [-0.4, -0.2) is 11.0 Å². The van der Waals surface area contributed by atoms with Crippen molar-refractivity contribution in [3.8, 4) is 5.75 Å². The second kappa shape index (κ2) is 4.37. The number of fused-ring (bicyclic) bond motifs is 1. The maximum absolute atomic E-state index is 12.9. The van der Waals surface area contributed by atoms with E-state index in [1.54, 1.807) is 0 Å². The molecule has 6 rings (SSSR count). The first-order valence-electron chi connectivity index (χ1n) is 8.50. The summed E-state index contributed by atoms with van der Waals surface area (Å²) < 4.78 is 5.82. The van der Waals surface area contributed by atoms with Gasteiger partial charge in [0.05, 0.1) is 5.41 Å². The van der Waals surface area contributed by atoms with Gasteiger partial charge in [-0.15, -0.1) is 0 Å².